The van der Waals surface area contributed by atoms with Crippen molar-refractivity contribution in [1.82, 2.24) is 0 Å². The summed E-state index contributed by atoms with van der Waals surface area (Å²) in [7, 11) is 0. The smallest absolute Gasteiger partial charge is 0.307 e. The summed E-state index contributed by atoms with van der Waals surface area (Å²) in [5.74, 6) is -4.36. The average molecular weight is 296 g/mol. The molecule has 21 heavy (non-hydrogen) atoms. The number of benzene rings is 1. The molecule has 0 spiro atoms. The van der Waals surface area contributed by atoms with E-state index in [-0.39, 0.29) is 0 Å². The summed E-state index contributed by atoms with van der Waals surface area (Å²) in [5, 5.41) is 22.0. The highest BCUT2D eigenvalue weighted by Crippen LogP contribution is 2.34. The van der Waals surface area contributed by atoms with Crippen LogP contribution >= 0.6 is 0 Å². The highest BCUT2D eigenvalue weighted by Gasteiger charge is 2.38. The number of carbonyl (C=O) groups is 2. The topological polar surface area (TPSA) is 110 Å². The largest absolute Gasteiger partial charge is 0.481 e. The molecule has 0 radical (unpaired) electrons. The lowest BCUT2D eigenvalue weighted by molar-refractivity contribution is -0.384. The van der Waals surface area contributed by atoms with E-state index in [1.54, 1.807) is 0 Å². The molecule has 2 N–H and O–H groups in total. The van der Waals surface area contributed by atoms with Crippen LogP contribution in [0.15, 0.2) is 18.2 Å². The van der Waals surface area contributed by atoms with Gasteiger partial charge >= 0.3 is 5.97 Å². The fraction of sp³-hybridized carbons (Fsp3) is 0.385. The van der Waals surface area contributed by atoms with Gasteiger partial charge in [-0.25, -0.2) is 4.39 Å². The van der Waals surface area contributed by atoms with Crippen molar-refractivity contribution in [2.45, 2.75) is 19.3 Å². The van der Waals surface area contributed by atoms with Crippen LogP contribution in [0, 0.1) is 27.8 Å². The van der Waals surface area contributed by atoms with Crippen molar-refractivity contribution >= 4 is 23.3 Å². The molecule has 2 rings (SSSR count). The molecule has 0 aliphatic heterocycles. The molecule has 8 heteroatoms. The number of amides is 1. The Labute approximate surface area is 118 Å². The van der Waals surface area contributed by atoms with Gasteiger partial charge in [-0.05, 0) is 18.9 Å². The first-order valence-corrected chi connectivity index (χ1v) is 6.38. The SMILES string of the molecule is O=C(O)C1CCCC1C(=O)Nc1c(F)cccc1[N+](=O)[O-]. The molecule has 0 saturated heterocycles. The number of anilines is 1. The maximum atomic E-state index is 13.7. The third-order valence-electron chi connectivity index (χ3n) is 3.61. The van der Waals surface area contributed by atoms with Gasteiger partial charge in [0.1, 0.15) is 0 Å². The number of nitro groups is 1. The van der Waals surface area contributed by atoms with Crippen LogP contribution in [0.3, 0.4) is 0 Å². The van der Waals surface area contributed by atoms with Gasteiger partial charge in [0.05, 0.1) is 16.8 Å². The Morgan fingerprint density at radius 2 is 2.00 bits per heavy atom. The first-order valence-electron chi connectivity index (χ1n) is 6.38. The summed E-state index contributed by atoms with van der Waals surface area (Å²) in [6.07, 6.45) is 1.31. The molecule has 0 bridgehead atoms. The Morgan fingerprint density at radius 3 is 2.62 bits per heavy atom. The second kappa shape index (κ2) is 5.86. The van der Waals surface area contributed by atoms with E-state index in [4.69, 9.17) is 5.11 Å². The summed E-state index contributed by atoms with van der Waals surface area (Å²) in [6.45, 7) is 0. The van der Waals surface area contributed by atoms with Gasteiger partial charge in [0, 0.05) is 6.07 Å². The first kappa shape index (κ1) is 14.9. The van der Waals surface area contributed by atoms with Gasteiger partial charge in [-0.2, -0.15) is 0 Å². The summed E-state index contributed by atoms with van der Waals surface area (Å²) >= 11 is 0. The average Bonchev–Trinajstić information content (AvgIpc) is 2.90. The van der Waals surface area contributed by atoms with E-state index in [2.05, 4.69) is 5.32 Å². The van der Waals surface area contributed by atoms with E-state index < -0.39 is 45.8 Å². The number of nitrogens with one attached hydrogen (secondary N) is 1. The number of para-hydroxylation sites is 1. The van der Waals surface area contributed by atoms with Crippen LogP contribution in [0.4, 0.5) is 15.8 Å². The zero-order chi connectivity index (χ0) is 15.6. The van der Waals surface area contributed by atoms with Crippen LogP contribution in [0.1, 0.15) is 19.3 Å². The van der Waals surface area contributed by atoms with E-state index in [1.807, 2.05) is 0 Å². The molecule has 1 aliphatic carbocycles. The van der Waals surface area contributed by atoms with Crippen LogP contribution in [-0.4, -0.2) is 21.9 Å². The van der Waals surface area contributed by atoms with Gasteiger partial charge < -0.3 is 10.4 Å². The Morgan fingerprint density at radius 1 is 1.33 bits per heavy atom. The highest BCUT2D eigenvalue weighted by molar-refractivity contribution is 5.97. The van der Waals surface area contributed by atoms with Crippen LogP contribution in [-0.2, 0) is 9.59 Å². The third kappa shape index (κ3) is 2.99. The molecule has 2 atom stereocenters. The second-order valence-corrected chi connectivity index (χ2v) is 4.86. The third-order valence-corrected chi connectivity index (χ3v) is 3.61. The molecule has 7 nitrogen and oxygen atoms in total. The van der Waals surface area contributed by atoms with Gasteiger partial charge in [0.25, 0.3) is 5.69 Å². The molecule has 2 unspecified atom stereocenters. The Balaban J connectivity index is 2.24. The van der Waals surface area contributed by atoms with E-state index >= 15 is 0 Å². The van der Waals surface area contributed by atoms with Crippen LogP contribution in [0.25, 0.3) is 0 Å². The van der Waals surface area contributed by atoms with Crippen LogP contribution in [0.5, 0.6) is 0 Å². The molecular weight excluding hydrogens is 283 g/mol. The second-order valence-electron chi connectivity index (χ2n) is 4.86. The first-order chi connectivity index (χ1) is 9.91. The highest BCUT2D eigenvalue weighted by atomic mass is 19.1. The predicted molar refractivity (Wildman–Crippen MR) is 70.2 cm³/mol. The number of nitrogens with zero attached hydrogens (tertiary/aromatic N) is 1. The Kier molecular flexibility index (Phi) is 4.15. The lowest BCUT2D eigenvalue weighted by atomic mass is 9.95. The Hall–Kier alpha value is -2.51. The molecule has 1 aromatic rings. The standard InChI is InChI=1S/C13H13FN2O5/c14-9-5-2-6-10(16(20)21)11(9)15-12(17)7-3-1-4-8(7)13(18)19/h2,5-8H,1,3-4H2,(H,15,17)(H,18,19). The predicted octanol–water partition coefficient (Wildman–Crippen LogP) is 2.17. The van der Waals surface area contributed by atoms with E-state index in [9.17, 15) is 24.1 Å². The van der Waals surface area contributed by atoms with Crippen molar-refractivity contribution in [3.8, 4) is 0 Å². The van der Waals surface area contributed by atoms with Crippen molar-refractivity contribution in [3.05, 3.63) is 34.1 Å². The maximum absolute atomic E-state index is 13.7. The van der Waals surface area contributed by atoms with E-state index in [0.29, 0.717) is 19.3 Å². The van der Waals surface area contributed by atoms with Gasteiger partial charge in [0.2, 0.25) is 5.91 Å². The number of carbonyl (C=O) groups excluding carboxylic acids is 1. The normalized spacial score (nSPS) is 21.0. The molecule has 1 amide bonds. The molecule has 112 valence electrons. The quantitative estimate of drug-likeness (QED) is 0.653. The lowest BCUT2D eigenvalue weighted by Crippen LogP contribution is -2.30. The lowest BCUT2D eigenvalue weighted by Gasteiger charge is -2.15. The summed E-state index contributed by atoms with van der Waals surface area (Å²) in [6, 6.07) is 3.23. The van der Waals surface area contributed by atoms with Crippen molar-refractivity contribution in [1.29, 1.82) is 0 Å². The number of carboxylic acids is 1. The molecule has 0 heterocycles. The zero-order valence-corrected chi connectivity index (χ0v) is 10.9. The molecule has 1 fully saturated rings. The zero-order valence-electron chi connectivity index (χ0n) is 10.9. The monoisotopic (exact) mass is 296 g/mol. The van der Waals surface area contributed by atoms with Crippen molar-refractivity contribution in [3.63, 3.8) is 0 Å². The molecule has 1 aliphatic rings. The summed E-state index contributed by atoms with van der Waals surface area (Å²) in [5.41, 5.74) is -1.09. The fourth-order valence-electron chi connectivity index (χ4n) is 2.57. The minimum atomic E-state index is -1.09. The van der Waals surface area contributed by atoms with Crippen molar-refractivity contribution in [2.24, 2.45) is 11.8 Å². The summed E-state index contributed by atoms with van der Waals surface area (Å²) < 4.78 is 13.7. The maximum Gasteiger partial charge on any atom is 0.307 e. The molecule has 1 aromatic carbocycles. The fourth-order valence-corrected chi connectivity index (χ4v) is 2.57. The number of rotatable bonds is 4. The number of aliphatic carboxylic acids is 1. The minimum Gasteiger partial charge on any atom is -0.481 e. The molecule has 0 aromatic heterocycles. The Bertz CT molecular complexity index is 604. The van der Waals surface area contributed by atoms with Gasteiger partial charge in [-0.3, -0.25) is 19.7 Å². The van der Waals surface area contributed by atoms with Gasteiger partial charge in [-0.15, -0.1) is 0 Å². The number of carboxylic acid groups (broad SMARTS) is 1. The van der Waals surface area contributed by atoms with Crippen molar-refractivity contribution < 1.29 is 24.0 Å². The van der Waals surface area contributed by atoms with Crippen LogP contribution < -0.4 is 5.32 Å². The number of halogens is 1. The molecular formula is C13H13FN2O5. The van der Waals surface area contributed by atoms with E-state index in [0.717, 1.165) is 12.1 Å². The number of nitro benzene ring substituents is 1. The number of hydrogen-bond donors (Lipinski definition) is 2. The number of hydrogen-bond acceptors (Lipinski definition) is 4. The van der Waals surface area contributed by atoms with E-state index in [1.165, 1.54) is 6.07 Å². The summed E-state index contributed by atoms with van der Waals surface area (Å²) in [4.78, 5) is 33.2. The van der Waals surface area contributed by atoms with Gasteiger partial charge in [0.15, 0.2) is 11.5 Å². The van der Waals surface area contributed by atoms with Crippen LogP contribution in [0.2, 0.25) is 0 Å². The minimum absolute atomic E-state index is 0.366. The van der Waals surface area contributed by atoms with Gasteiger partial charge in [-0.1, -0.05) is 12.5 Å². The van der Waals surface area contributed by atoms with Crippen molar-refractivity contribution in [2.75, 3.05) is 5.32 Å². The molecule has 1 saturated carbocycles.